The fraction of sp³-hybridized carbons (Fsp3) is 0.800. The lowest BCUT2D eigenvalue weighted by Crippen LogP contribution is -2.40. The van der Waals surface area contributed by atoms with Crippen LogP contribution in [0.2, 0.25) is 0 Å². The molecule has 1 aliphatic heterocycles. The first-order valence-electron chi connectivity index (χ1n) is 5.82. The maximum atomic E-state index is 12.8. The average Bonchev–Trinajstić information content (AvgIpc) is 2.71. The van der Waals surface area contributed by atoms with Crippen molar-refractivity contribution >= 4 is 21.9 Å². The van der Waals surface area contributed by atoms with Gasteiger partial charge in [-0.3, -0.25) is 9.59 Å². The predicted octanol–water partition coefficient (Wildman–Crippen LogP) is -0.401. The highest BCUT2D eigenvalue weighted by Crippen LogP contribution is 2.37. The summed E-state index contributed by atoms with van der Waals surface area (Å²) in [5, 5.41) is 8.81. The molecule has 11 heteroatoms. The standard InChI is InChI=1S/C10H15F3N2O5S/c1-14(21(2,19)20)5-8(16)15-3-6(9(17)18)7(4-15)10(11,12)13/h6-7H,3-5H2,1-2H3,(H,17,18)/t6-,7-/m1/s1. The van der Waals surface area contributed by atoms with E-state index in [-0.39, 0.29) is 0 Å². The molecule has 2 atom stereocenters. The third-order valence-electron chi connectivity index (χ3n) is 3.33. The number of rotatable bonds is 4. The molecule has 1 rings (SSSR count). The minimum atomic E-state index is -4.74. The molecule has 21 heavy (non-hydrogen) atoms. The van der Waals surface area contributed by atoms with Crippen molar-refractivity contribution < 1.29 is 36.3 Å². The molecule has 1 aliphatic rings. The summed E-state index contributed by atoms with van der Waals surface area (Å²) in [6, 6.07) is 0. The van der Waals surface area contributed by atoms with Crippen LogP contribution in [0.5, 0.6) is 0 Å². The average molecular weight is 332 g/mol. The van der Waals surface area contributed by atoms with E-state index in [9.17, 15) is 31.2 Å². The predicted molar refractivity (Wildman–Crippen MR) is 64.7 cm³/mol. The fourth-order valence-electron chi connectivity index (χ4n) is 2.00. The van der Waals surface area contributed by atoms with Gasteiger partial charge in [-0.2, -0.15) is 17.5 Å². The van der Waals surface area contributed by atoms with E-state index in [2.05, 4.69) is 0 Å². The molecule has 1 N–H and O–H groups in total. The Morgan fingerprint density at radius 2 is 1.86 bits per heavy atom. The van der Waals surface area contributed by atoms with Crippen LogP contribution < -0.4 is 0 Å². The number of carboxylic acids is 1. The molecular weight excluding hydrogens is 317 g/mol. The van der Waals surface area contributed by atoms with Gasteiger partial charge in [-0.15, -0.1) is 0 Å². The van der Waals surface area contributed by atoms with Crippen molar-refractivity contribution in [3.63, 3.8) is 0 Å². The zero-order valence-electron chi connectivity index (χ0n) is 11.3. The van der Waals surface area contributed by atoms with E-state index < -0.39 is 59.5 Å². The molecule has 0 saturated carbocycles. The van der Waals surface area contributed by atoms with Crippen LogP contribution >= 0.6 is 0 Å². The number of sulfonamides is 1. The number of likely N-dealkylation sites (N-methyl/N-ethyl adjacent to an activating group) is 1. The number of aliphatic carboxylic acids is 1. The Labute approximate surface area is 119 Å². The zero-order valence-corrected chi connectivity index (χ0v) is 12.1. The van der Waals surface area contributed by atoms with Crippen LogP contribution in [0.3, 0.4) is 0 Å². The Balaban J connectivity index is 2.83. The number of carboxylic acid groups (broad SMARTS) is 1. The maximum absolute atomic E-state index is 12.8. The highest BCUT2D eigenvalue weighted by molar-refractivity contribution is 7.88. The molecule has 0 spiro atoms. The van der Waals surface area contributed by atoms with Gasteiger partial charge in [0.25, 0.3) is 0 Å². The van der Waals surface area contributed by atoms with Crippen LogP contribution in [0.25, 0.3) is 0 Å². The minimum absolute atomic E-state index is 0.587. The summed E-state index contributed by atoms with van der Waals surface area (Å²) in [4.78, 5) is 23.4. The van der Waals surface area contributed by atoms with Crippen molar-refractivity contribution in [3.8, 4) is 0 Å². The molecule has 0 bridgehead atoms. The highest BCUT2D eigenvalue weighted by Gasteiger charge is 2.53. The first-order chi connectivity index (χ1) is 9.34. The highest BCUT2D eigenvalue weighted by atomic mass is 32.2. The van der Waals surface area contributed by atoms with Gasteiger partial charge in [0, 0.05) is 20.1 Å². The molecule has 0 aliphatic carbocycles. The van der Waals surface area contributed by atoms with Crippen molar-refractivity contribution in [3.05, 3.63) is 0 Å². The van der Waals surface area contributed by atoms with Crippen LogP contribution in [0, 0.1) is 11.8 Å². The van der Waals surface area contributed by atoms with Crippen molar-refractivity contribution in [2.75, 3.05) is 32.9 Å². The van der Waals surface area contributed by atoms with Gasteiger partial charge in [-0.25, -0.2) is 8.42 Å². The smallest absolute Gasteiger partial charge is 0.394 e. The van der Waals surface area contributed by atoms with E-state index in [4.69, 9.17) is 5.11 Å². The Morgan fingerprint density at radius 1 is 1.33 bits per heavy atom. The molecule has 0 radical (unpaired) electrons. The maximum Gasteiger partial charge on any atom is 0.394 e. The number of carbonyl (C=O) groups is 2. The molecule has 7 nitrogen and oxygen atoms in total. The van der Waals surface area contributed by atoms with Crippen LogP contribution in [0.1, 0.15) is 0 Å². The van der Waals surface area contributed by atoms with E-state index in [1.165, 1.54) is 0 Å². The first kappa shape index (κ1) is 17.7. The van der Waals surface area contributed by atoms with Crippen LogP contribution in [0.4, 0.5) is 13.2 Å². The van der Waals surface area contributed by atoms with E-state index >= 15 is 0 Å². The Bertz CT molecular complexity index is 533. The van der Waals surface area contributed by atoms with Crippen molar-refractivity contribution in [1.82, 2.24) is 9.21 Å². The number of nitrogens with zero attached hydrogens (tertiary/aromatic N) is 2. The number of hydrogen-bond donors (Lipinski definition) is 1. The number of carbonyl (C=O) groups excluding carboxylic acids is 1. The number of amides is 1. The van der Waals surface area contributed by atoms with Gasteiger partial charge in [0.15, 0.2) is 0 Å². The second-order valence-corrected chi connectivity index (χ2v) is 7.00. The van der Waals surface area contributed by atoms with Gasteiger partial charge in [-0.1, -0.05) is 0 Å². The topological polar surface area (TPSA) is 95.0 Å². The molecule has 1 saturated heterocycles. The molecule has 0 aromatic carbocycles. The van der Waals surface area contributed by atoms with Gasteiger partial charge >= 0.3 is 12.1 Å². The largest absolute Gasteiger partial charge is 0.481 e. The van der Waals surface area contributed by atoms with Gasteiger partial charge in [0.05, 0.1) is 24.6 Å². The first-order valence-corrected chi connectivity index (χ1v) is 7.67. The third-order valence-corrected chi connectivity index (χ3v) is 4.60. The number of halogens is 3. The van der Waals surface area contributed by atoms with Crippen LogP contribution in [-0.2, 0) is 19.6 Å². The summed E-state index contributed by atoms with van der Waals surface area (Å²) in [6.45, 7) is -2.00. The second kappa shape index (κ2) is 5.79. The Morgan fingerprint density at radius 3 is 2.19 bits per heavy atom. The Hall–Kier alpha value is -1.36. The lowest BCUT2D eigenvalue weighted by atomic mass is 9.96. The molecule has 0 aromatic rings. The number of likely N-dealkylation sites (tertiary alicyclic amines) is 1. The van der Waals surface area contributed by atoms with Gasteiger partial charge in [0.1, 0.15) is 0 Å². The molecule has 1 heterocycles. The lowest BCUT2D eigenvalue weighted by Gasteiger charge is -2.20. The van der Waals surface area contributed by atoms with Crippen molar-refractivity contribution in [1.29, 1.82) is 0 Å². The molecular formula is C10H15F3N2O5S. The van der Waals surface area contributed by atoms with E-state index in [1.54, 1.807) is 0 Å². The van der Waals surface area contributed by atoms with E-state index in [0.29, 0.717) is 4.31 Å². The van der Waals surface area contributed by atoms with E-state index in [0.717, 1.165) is 18.2 Å². The minimum Gasteiger partial charge on any atom is -0.481 e. The summed E-state index contributed by atoms with van der Waals surface area (Å²) in [5.41, 5.74) is 0. The summed E-state index contributed by atoms with van der Waals surface area (Å²) in [6.07, 6.45) is -3.89. The van der Waals surface area contributed by atoms with Gasteiger partial charge < -0.3 is 10.0 Å². The Kier molecular flexibility index (Phi) is 4.88. The van der Waals surface area contributed by atoms with Crippen LogP contribution in [0.15, 0.2) is 0 Å². The van der Waals surface area contributed by atoms with Crippen molar-refractivity contribution in [2.45, 2.75) is 6.18 Å². The molecule has 1 amide bonds. The van der Waals surface area contributed by atoms with E-state index in [1.807, 2.05) is 0 Å². The number of hydrogen-bond acceptors (Lipinski definition) is 4. The lowest BCUT2D eigenvalue weighted by molar-refractivity contribution is -0.188. The molecule has 122 valence electrons. The summed E-state index contributed by atoms with van der Waals surface area (Å²) >= 11 is 0. The van der Waals surface area contributed by atoms with Crippen molar-refractivity contribution in [2.24, 2.45) is 11.8 Å². The van der Waals surface area contributed by atoms with Gasteiger partial charge in [0.2, 0.25) is 15.9 Å². The number of alkyl halides is 3. The zero-order chi connectivity index (χ0) is 16.6. The quantitative estimate of drug-likeness (QED) is 0.756. The second-order valence-electron chi connectivity index (χ2n) is 4.91. The monoisotopic (exact) mass is 332 g/mol. The molecule has 0 aromatic heterocycles. The normalized spacial score (nSPS) is 23.6. The van der Waals surface area contributed by atoms with Crippen LogP contribution in [-0.4, -0.2) is 73.7 Å². The summed E-state index contributed by atoms with van der Waals surface area (Å²) in [5.74, 6) is -6.38. The molecule has 1 fully saturated rings. The third kappa shape index (κ3) is 4.30. The summed E-state index contributed by atoms with van der Waals surface area (Å²) in [7, 11) is -2.54. The van der Waals surface area contributed by atoms with Gasteiger partial charge in [-0.05, 0) is 0 Å². The summed E-state index contributed by atoms with van der Waals surface area (Å²) < 4.78 is 61.3. The SMILES string of the molecule is CN(CC(=O)N1C[C@@H](C(F)(F)F)[C@H](C(=O)O)C1)S(C)(=O)=O. The molecule has 0 unspecified atom stereocenters. The fourth-order valence-corrected chi connectivity index (χ4v) is 2.34.